The molecular weight excluding hydrogens is 144 g/mol. The van der Waals surface area contributed by atoms with Gasteiger partial charge in [-0.3, -0.25) is 0 Å². The van der Waals surface area contributed by atoms with E-state index < -0.39 is 0 Å². The zero-order chi connectivity index (χ0) is 9.41. The molecule has 0 aromatic heterocycles. The van der Waals surface area contributed by atoms with Crippen LogP contribution in [0.15, 0.2) is 0 Å². The minimum atomic E-state index is 0.556. The van der Waals surface area contributed by atoms with Gasteiger partial charge in [-0.15, -0.1) is 0 Å². The van der Waals surface area contributed by atoms with Crippen molar-refractivity contribution in [3.63, 3.8) is 0 Å². The Kier molecular flexibility index (Phi) is 2.56. The summed E-state index contributed by atoms with van der Waals surface area (Å²) in [7, 11) is 0. The van der Waals surface area contributed by atoms with Gasteiger partial charge in [-0.1, -0.05) is 47.5 Å². The molecule has 1 fully saturated rings. The zero-order valence-corrected chi connectivity index (χ0v) is 9.41. The number of rotatable bonds is 0. The van der Waals surface area contributed by atoms with Crippen LogP contribution in [0.1, 0.15) is 60.3 Å². The third kappa shape index (κ3) is 2.24. The second-order valence-corrected chi connectivity index (χ2v) is 6.12. The lowest BCUT2D eigenvalue weighted by Crippen LogP contribution is -2.25. The molecule has 1 saturated carbocycles. The first-order valence-electron chi connectivity index (χ1n) is 5.33. The van der Waals surface area contributed by atoms with Crippen molar-refractivity contribution >= 4 is 0 Å². The van der Waals surface area contributed by atoms with Gasteiger partial charge in [-0.25, -0.2) is 0 Å². The smallest absolute Gasteiger partial charge is 0.0323 e. The highest BCUT2D eigenvalue weighted by Gasteiger charge is 2.35. The summed E-state index contributed by atoms with van der Waals surface area (Å²) in [6.45, 7) is 12.1. The van der Waals surface area contributed by atoms with E-state index in [9.17, 15) is 0 Å². The molecule has 1 aliphatic carbocycles. The summed E-state index contributed by atoms with van der Waals surface area (Å²) in [6.07, 6.45) is 5.66. The van der Waals surface area contributed by atoms with Crippen LogP contribution in [-0.2, 0) is 0 Å². The second-order valence-electron chi connectivity index (χ2n) is 6.12. The van der Waals surface area contributed by atoms with Gasteiger partial charge in [0.1, 0.15) is 0 Å². The quantitative estimate of drug-likeness (QED) is 0.474. The van der Waals surface area contributed by atoms with Crippen LogP contribution in [0.5, 0.6) is 0 Å². The summed E-state index contributed by atoms with van der Waals surface area (Å²) >= 11 is 0. The molecule has 12 heavy (non-hydrogen) atoms. The first kappa shape index (κ1) is 10.1. The Morgan fingerprint density at radius 3 is 2.25 bits per heavy atom. The maximum Gasteiger partial charge on any atom is -0.0323 e. The van der Waals surface area contributed by atoms with Crippen LogP contribution in [0, 0.1) is 16.7 Å². The molecule has 1 aliphatic rings. The Bertz CT molecular complexity index is 153. The van der Waals surface area contributed by atoms with E-state index in [1.54, 1.807) is 0 Å². The minimum Gasteiger partial charge on any atom is -0.0620 e. The Hall–Kier alpha value is 0. The van der Waals surface area contributed by atoms with Gasteiger partial charge in [-0.2, -0.15) is 0 Å². The maximum absolute atomic E-state index is 2.44. The van der Waals surface area contributed by atoms with E-state index in [2.05, 4.69) is 34.6 Å². The van der Waals surface area contributed by atoms with Gasteiger partial charge in [0.2, 0.25) is 0 Å². The fourth-order valence-electron chi connectivity index (χ4n) is 2.77. The fraction of sp³-hybridized carbons (Fsp3) is 1.00. The van der Waals surface area contributed by atoms with E-state index in [0.717, 1.165) is 5.92 Å². The second kappa shape index (κ2) is 3.05. The van der Waals surface area contributed by atoms with Crippen LogP contribution < -0.4 is 0 Å². The summed E-state index contributed by atoms with van der Waals surface area (Å²) in [4.78, 5) is 0. The molecule has 0 N–H and O–H groups in total. The van der Waals surface area contributed by atoms with Gasteiger partial charge in [-0.05, 0) is 29.6 Å². The Balaban J connectivity index is 2.73. The Labute approximate surface area is 77.7 Å². The number of hydrogen-bond donors (Lipinski definition) is 0. The van der Waals surface area contributed by atoms with Crippen LogP contribution in [0.3, 0.4) is 0 Å². The highest BCUT2D eigenvalue weighted by atomic mass is 14.4. The summed E-state index contributed by atoms with van der Waals surface area (Å²) in [5.74, 6) is 0.902. The molecule has 72 valence electrons. The lowest BCUT2D eigenvalue weighted by atomic mass is 9.70. The molecule has 0 bridgehead atoms. The van der Waals surface area contributed by atoms with Crippen LogP contribution in [0.4, 0.5) is 0 Å². The molecule has 1 unspecified atom stereocenters. The van der Waals surface area contributed by atoms with E-state index in [1.165, 1.54) is 25.7 Å². The van der Waals surface area contributed by atoms with Gasteiger partial charge in [0.05, 0.1) is 0 Å². The summed E-state index contributed by atoms with van der Waals surface area (Å²) in [5, 5.41) is 0. The molecule has 0 saturated heterocycles. The molecule has 0 heterocycles. The van der Waals surface area contributed by atoms with Crippen molar-refractivity contribution in [3.8, 4) is 0 Å². The minimum absolute atomic E-state index is 0.556. The third-order valence-corrected chi connectivity index (χ3v) is 3.76. The Morgan fingerprint density at radius 1 is 1.08 bits per heavy atom. The predicted molar refractivity (Wildman–Crippen MR) is 55.2 cm³/mol. The summed E-state index contributed by atoms with van der Waals surface area (Å²) < 4.78 is 0. The average Bonchev–Trinajstić information content (AvgIpc) is 1.90. The van der Waals surface area contributed by atoms with Crippen molar-refractivity contribution in [2.45, 2.75) is 60.3 Å². The summed E-state index contributed by atoms with van der Waals surface area (Å²) in [5.41, 5.74) is 1.13. The van der Waals surface area contributed by atoms with Crippen LogP contribution in [-0.4, -0.2) is 0 Å². The van der Waals surface area contributed by atoms with Crippen LogP contribution >= 0.6 is 0 Å². The molecule has 0 radical (unpaired) electrons. The first-order valence-corrected chi connectivity index (χ1v) is 5.33. The molecule has 1 atom stereocenters. The molecule has 0 aliphatic heterocycles. The molecule has 0 amide bonds. The average molecular weight is 168 g/mol. The normalized spacial score (nSPS) is 34.2. The zero-order valence-electron chi connectivity index (χ0n) is 9.41. The topological polar surface area (TPSA) is 0 Å². The monoisotopic (exact) mass is 168 g/mol. The van der Waals surface area contributed by atoms with Gasteiger partial charge >= 0.3 is 0 Å². The summed E-state index contributed by atoms with van der Waals surface area (Å²) in [6, 6.07) is 0. The molecule has 0 spiro atoms. The highest BCUT2D eigenvalue weighted by Crippen LogP contribution is 2.46. The molecular formula is C12H24. The first-order chi connectivity index (χ1) is 5.33. The van der Waals surface area contributed by atoms with E-state index in [0.29, 0.717) is 10.8 Å². The van der Waals surface area contributed by atoms with Crippen molar-refractivity contribution in [3.05, 3.63) is 0 Å². The van der Waals surface area contributed by atoms with Crippen molar-refractivity contribution in [2.24, 2.45) is 16.7 Å². The van der Waals surface area contributed by atoms with Crippen LogP contribution in [0.2, 0.25) is 0 Å². The van der Waals surface area contributed by atoms with E-state index in [4.69, 9.17) is 0 Å². The lowest BCUT2D eigenvalue weighted by Gasteiger charge is -2.35. The van der Waals surface area contributed by atoms with Crippen LogP contribution in [0.25, 0.3) is 0 Å². The van der Waals surface area contributed by atoms with Crippen molar-refractivity contribution in [1.29, 1.82) is 0 Å². The van der Waals surface area contributed by atoms with Crippen molar-refractivity contribution in [2.75, 3.05) is 0 Å². The molecule has 0 aromatic rings. The lowest BCUT2D eigenvalue weighted by molar-refractivity contribution is 0.152. The standard InChI is InChI=1S/C12H24/c1-10-7-6-8-11(2,3)9-12(10,4)5/h10H,6-9H2,1-5H3. The van der Waals surface area contributed by atoms with E-state index in [1.807, 2.05) is 0 Å². The van der Waals surface area contributed by atoms with E-state index in [-0.39, 0.29) is 0 Å². The van der Waals surface area contributed by atoms with Gasteiger partial charge in [0.15, 0.2) is 0 Å². The van der Waals surface area contributed by atoms with Gasteiger partial charge in [0.25, 0.3) is 0 Å². The molecule has 0 aromatic carbocycles. The van der Waals surface area contributed by atoms with E-state index >= 15 is 0 Å². The highest BCUT2D eigenvalue weighted by molar-refractivity contribution is 4.86. The fourth-order valence-corrected chi connectivity index (χ4v) is 2.77. The molecule has 1 rings (SSSR count). The van der Waals surface area contributed by atoms with Crippen molar-refractivity contribution in [1.82, 2.24) is 0 Å². The molecule has 0 heteroatoms. The largest absolute Gasteiger partial charge is 0.0620 e. The van der Waals surface area contributed by atoms with Gasteiger partial charge in [0, 0.05) is 0 Å². The predicted octanol–water partition coefficient (Wildman–Crippen LogP) is 4.25. The molecule has 0 nitrogen and oxygen atoms in total. The maximum atomic E-state index is 2.44. The Morgan fingerprint density at radius 2 is 1.67 bits per heavy atom. The van der Waals surface area contributed by atoms with Gasteiger partial charge < -0.3 is 0 Å². The van der Waals surface area contributed by atoms with Crippen molar-refractivity contribution < 1.29 is 0 Å². The third-order valence-electron chi connectivity index (χ3n) is 3.76. The number of hydrogen-bond acceptors (Lipinski definition) is 0. The SMILES string of the molecule is CC1CCCC(C)(C)CC1(C)C.